The van der Waals surface area contributed by atoms with Crippen LogP contribution in [-0.4, -0.2) is 44.3 Å². The van der Waals surface area contributed by atoms with Crippen LogP contribution in [0.15, 0.2) is 102 Å². The van der Waals surface area contributed by atoms with Crippen molar-refractivity contribution in [3.63, 3.8) is 0 Å². The van der Waals surface area contributed by atoms with Crippen molar-refractivity contribution in [2.45, 2.75) is 50.6 Å². The zero-order valence-electron chi connectivity index (χ0n) is 25.6. The Morgan fingerprint density at radius 2 is 1.41 bits per heavy atom. The summed E-state index contributed by atoms with van der Waals surface area (Å²) in [5.74, 6) is -1.02. The van der Waals surface area contributed by atoms with Crippen LogP contribution in [0.25, 0.3) is 0 Å². The van der Waals surface area contributed by atoms with Crippen molar-refractivity contribution in [1.82, 2.24) is 10.2 Å². The van der Waals surface area contributed by atoms with Crippen LogP contribution in [0.2, 0.25) is 15.1 Å². The van der Waals surface area contributed by atoms with Crippen molar-refractivity contribution in [2.75, 3.05) is 17.4 Å². The maximum atomic E-state index is 14.6. The summed E-state index contributed by atoms with van der Waals surface area (Å²) in [6.45, 7) is 3.50. The van der Waals surface area contributed by atoms with Crippen LogP contribution in [0.5, 0.6) is 0 Å². The molecule has 0 aliphatic rings. The zero-order valence-corrected chi connectivity index (χ0v) is 28.7. The minimum absolute atomic E-state index is 0.00957. The van der Waals surface area contributed by atoms with E-state index in [1.807, 2.05) is 44.2 Å². The molecule has 0 aliphatic carbocycles. The number of nitrogens with zero attached hydrogens (tertiary/aromatic N) is 2. The molecule has 0 fully saturated rings. The molecule has 0 unspecified atom stereocenters. The first-order valence-electron chi connectivity index (χ1n) is 14.9. The number of halogens is 3. The van der Waals surface area contributed by atoms with E-state index in [0.717, 1.165) is 28.3 Å². The lowest BCUT2D eigenvalue weighted by atomic mass is 10.0. The largest absolute Gasteiger partial charge is 0.354 e. The smallest absolute Gasteiger partial charge is 0.264 e. The molecule has 1 atom stereocenters. The average Bonchev–Trinajstić information content (AvgIpc) is 3.04. The monoisotopic (exact) mass is 699 g/mol. The summed E-state index contributed by atoms with van der Waals surface area (Å²) in [7, 11) is -4.28. The highest BCUT2D eigenvalue weighted by Crippen LogP contribution is 2.32. The Morgan fingerprint density at radius 3 is 2.04 bits per heavy atom. The van der Waals surface area contributed by atoms with E-state index in [0.29, 0.717) is 22.2 Å². The predicted molar refractivity (Wildman–Crippen MR) is 186 cm³/mol. The van der Waals surface area contributed by atoms with E-state index in [-0.39, 0.29) is 34.5 Å². The molecule has 46 heavy (non-hydrogen) atoms. The summed E-state index contributed by atoms with van der Waals surface area (Å²) in [4.78, 5) is 29.8. The molecule has 11 heteroatoms. The summed E-state index contributed by atoms with van der Waals surface area (Å²) in [6.07, 6.45) is 1.79. The Balaban J connectivity index is 1.83. The fourth-order valence-corrected chi connectivity index (χ4v) is 7.16. The Morgan fingerprint density at radius 1 is 0.804 bits per heavy atom. The molecule has 0 radical (unpaired) electrons. The molecule has 0 saturated carbocycles. The fourth-order valence-electron chi connectivity index (χ4n) is 4.92. The number of rotatable bonds is 14. The third kappa shape index (κ3) is 8.82. The van der Waals surface area contributed by atoms with Crippen molar-refractivity contribution in [3.8, 4) is 0 Å². The Kier molecular flexibility index (Phi) is 12.5. The number of anilines is 1. The first-order valence-corrected chi connectivity index (χ1v) is 17.5. The Labute approximate surface area is 286 Å². The molecule has 0 saturated heterocycles. The van der Waals surface area contributed by atoms with Crippen molar-refractivity contribution >= 4 is 62.3 Å². The zero-order chi connectivity index (χ0) is 33.3. The van der Waals surface area contributed by atoms with Gasteiger partial charge in [-0.2, -0.15) is 0 Å². The van der Waals surface area contributed by atoms with Crippen molar-refractivity contribution < 1.29 is 18.0 Å². The van der Waals surface area contributed by atoms with E-state index in [1.165, 1.54) is 23.1 Å². The van der Waals surface area contributed by atoms with E-state index in [4.69, 9.17) is 34.8 Å². The Hall–Kier alpha value is -3.56. The highest BCUT2D eigenvalue weighted by Gasteiger charge is 2.35. The van der Waals surface area contributed by atoms with E-state index in [1.54, 1.807) is 48.5 Å². The average molecular weight is 701 g/mol. The molecule has 0 bridgehead atoms. The van der Waals surface area contributed by atoms with Gasteiger partial charge in [-0.25, -0.2) is 8.42 Å². The van der Waals surface area contributed by atoms with E-state index >= 15 is 0 Å². The number of hydrogen-bond donors (Lipinski definition) is 1. The number of hydrogen-bond acceptors (Lipinski definition) is 4. The maximum absolute atomic E-state index is 14.6. The number of amides is 2. The van der Waals surface area contributed by atoms with Gasteiger partial charge in [0.25, 0.3) is 10.0 Å². The quantitative estimate of drug-likeness (QED) is 0.137. The predicted octanol–water partition coefficient (Wildman–Crippen LogP) is 7.71. The van der Waals surface area contributed by atoms with Crippen molar-refractivity contribution in [1.29, 1.82) is 0 Å². The summed E-state index contributed by atoms with van der Waals surface area (Å²) >= 11 is 19.7. The van der Waals surface area contributed by atoms with Gasteiger partial charge in [-0.1, -0.05) is 114 Å². The van der Waals surface area contributed by atoms with Gasteiger partial charge in [-0.05, 0) is 55.3 Å². The molecule has 7 nitrogen and oxygen atoms in total. The summed E-state index contributed by atoms with van der Waals surface area (Å²) < 4.78 is 29.3. The highest BCUT2D eigenvalue weighted by molar-refractivity contribution is 7.92. The lowest BCUT2D eigenvalue weighted by Gasteiger charge is -2.34. The SMILES string of the molecule is CCCCNC(=O)[C@@H](Cc1ccccc1)N(Cc1c(Cl)cccc1Cl)C(=O)CN(c1ccccc1Cl)S(=O)(=O)c1ccc(C)cc1. The van der Waals surface area contributed by atoms with Crippen molar-refractivity contribution in [2.24, 2.45) is 0 Å². The standard InChI is InChI=1S/C35H36Cl3N3O4S/c1-3-4-21-39-35(43)33(22-26-11-6-5-7-12-26)40(23-28-29(36)14-10-15-30(28)37)34(42)24-41(32-16-9-8-13-31(32)38)46(44,45)27-19-17-25(2)18-20-27/h5-20,33H,3-4,21-24H2,1-2H3,(H,39,43)/t33-/m1/s1. The normalized spacial score (nSPS) is 11.9. The third-order valence-corrected chi connectivity index (χ3v) is 10.3. The minimum atomic E-state index is -4.28. The van der Waals surface area contributed by atoms with E-state index in [9.17, 15) is 18.0 Å². The molecule has 0 heterocycles. The Bertz CT molecular complexity index is 1730. The molecule has 2 amide bonds. The van der Waals surface area contributed by atoms with Crippen LogP contribution in [0.1, 0.15) is 36.5 Å². The van der Waals surface area contributed by atoms with Gasteiger partial charge >= 0.3 is 0 Å². The van der Waals surface area contributed by atoms with Crippen LogP contribution in [0.4, 0.5) is 5.69 Å². The third-order valence-electron chi connectivity index (χ3n) is 7.50. The molecule has 0 aliphatic heterocycles. The number of nitrogens with one attached hydrogen (secondary N) is 1. The lowest BCUT2D eigenvalue weighted by Crippen LogP contribution is -2.53. The second-order valence-corrected chi connectivity index (χ2v) is 13.9. The first-order chi connectivity index (χ1) is 22.0. The fraction of sp³-hybridized carbons (Fsp3) is 0.257. The van der Waals surface area contributed by atoms with Gasteiger partial charge in [-0.15, -0.1) is 0 Å². The topological polar surface area (TPSA) is 86.8 Å². The first kappa shape index (κ1) is 35.3. The molecule has 4 rings (SSSR count). The lowest BCUT2D eigenvalue weighted by molar-refractivity contribution is -0.140. The van der Waals surface area contributed by atoms with Crippen LogP contribution in [0, 0.1) is 6.92 Å². The van der Waals surface area contributed by atoms with Crippen LogP contribution in [0.3, 0.4) is 0 Å². The molecule has 4 aromatic carbocycles. The summed E-state index contributed by atoms with van der Waals surface area (Å²) in [5, 5.41) is 3.72. The number of carbonyl (C=O) groups excluding carboxylic acids is 2. The number of carbonyl (C=O) groups is 2. The molecule has 4 aromatic rings. The second-order valence-electron chi connectivity index (χ2n) is 10.8. The highest BCUT2D eigenvalue weighted by atomic mass is 35.5. The summed E-state index contributed by atoms with van der Waals surface area (Å²) in [5.41, 5.74) is 2.25. The molecule has 0 spiro atoms. The van der Waals surface area contributed by atoms with Gasteiger partial charge in [0.05, 0.1) is 15.6 Å². The molecular weight excluding hydrogens is 665 g/mol. The van der Waals surface area contributed by atoms with Gasteiger partial charge in [-0.3, -0.25) is 13.9 Å². The van der Waals surface area contributed by atoms with Gasteiger partial charge in [0, 0.05) is 35.1 Å². The van der Waals surface area contributed by atoms with Gasteiger partial charge in [0.2, 0.25) is 11.8 Å². The van der Waals surface area contributed by atoms with Gasteiger partial charge in [0.1, 0.15) is 12.6 Å². The molecule has 1 N–H and O–H groups in total. The molecule has 0 aromatic heterocycles. The van der Waals surface area contributed by atoms with Crippen molar-refractivity contribution in [3.05, 3.63) is 129 Å². The van der Waals surface area contributed by atoms with E-state index in [2.05, 4.69) is 5.32 Å². The number of para-hydroxylation sites is 1. The van der Waals surface area contributed by atoms with Gasteiger partial charge < -0.3 is 10.2 Å². The number of benzene rings is 4. The van der Waals surface area contributed by atoms with Crippen LogP contribution in [-0.2, 0) is 32.6 Å². The summed E-state index contributed by atoms with van der Waals surface area (Å²) in [6, 6.07) is 26.0. The minimum Gasteiger partial charge on any atom is -0.354 e. The number of aryl methyl sites for hydroxylation is 1. The molecular formula is C35H36Cl3N3O4S. The maximum Gasteiger partial charge on any atom is 0.264 e. The van der Waals surface area contributed by atoms with Gasteiger partial charge in [0.15, 0.2) is 0 Å². The second kappa shape index (κ2) is 16.3. The van der Waals surface area contributed by atoms with E-state index < -0.39 is 28.5 Å². The molecule has 242 valence electrons. The van der Waals surface area contributed by atoms with Crippen LogP contribution >= 0.6 is 34.8 Å². The number of sulfonamides is 1. The van der Waals surface area contributed by atoms with Crippen LogP contribution < -0.4 is 9.62 Å². The number of unbranched alkanes of at least 4 members (excludes halogenated alkanes) is 1.